The summed E-state index contributed by atoms with van der Waals surface area (Å²) in [6.07, 6.45) is 0.127. The van der Waals surface area contributed by atoms with E-state index in [0.717, 1.165) is 10.2 Å². The molecule has 0 atom stereocenters. The van der Waals surface area contributed by atoms with E-state index in [4.69, 9.17) is 4.74 Å². The van der Waals surface area contributed by atoms with Crippen molar-refractivity contribution in [1.82, 2.24) is 10.9 Å². The van der Waals surface area contributed by atoms with Gasteiger partial charge in [0.1, 0.15) is 5.75 Å². The fourth-order valence-electron chi connectivity index (χ4n) is 1.30. The molecule has 1 rings (SSSR count). The van der Waals surface area contributed by atoms with E-state index in [1.165, 1.54) is 0 Å². The monoisotopic (exact) mass is 344 g/mol. The van der Waals surface area contributed by atoms with Crippen LogP contribution in [0.1, 0.15) is 19.8 Å². The SMILES string of the molecule is CCOC(=O)NNC(=O)CCCOc1ccc(Br)cc1. The number of ether oxygens (including phenoxy) is 2. The number of hydrogen-bond donors (Lipinski definition) is 2. The molecule has 7 heteroatoms. The Labute approximate surface area is 125 Å². The summed E-state index contributed by atoms with van der Waals surface area (Å²) < 4.78 is 11.0. The zero-order valence-electron chi connectivity index (χ0n) is 11.1. The standard InChI is InChI=1S/C13H17BrN2O4/c1-2-19-13(18)16-15-12(17)4-3-9-20-11-7-5-10(14)6-8-11/h5-8H,2-4,9H2,1H3,(H,15,17)(H,16,18). The van der Waals surface area contributed by atoms with E-state index in [1.54, 1.807) is 6.92 Å². The Morgan fingerprint density at radius 1 is 1.20 bits per heavy atom. The Balaban J connectivity index is 2.10. The number of benzene rings is 1. The van der Waals surface area contributed by atoms with Crippen molar-refractivity contribution >= 4 is 27.9 Å². The van der Waals surface area contributed by atoms with Crippen molar-refractivity contribution in [2.24, 2.45) is 0 Å². The summed E-state index contributed by atoms with van der Waals surface area (Å²) >= 11 is 3.33. The Bertz CT molecular complexity index is 437. The average molecular weight is 345 g/mol. The normalized spacial score (nSPS) is 9.70. The van der Waals surface area contributed by atoms with Crippen LogP contribution in [-0.2, 0) is 9.53 Å². The third-order valence-corrected chi connectivity index (χ3v) is 2.74. The number of nitrogens with one attached hydrogen (secondary N) is 2. The first-order chi connectivity index (χ1) is 9.61. The summed E-state index contributed by atoms with van der Waals surface area (Å²) in [6, 6.07) is 7.44. The van der Waals surface area contributed by atoms with Gasteiger partial charge in [0.25, 0.3) is 0 Å². The number of carbonyl (C=O) groups is 2. The van der Waals surface area contributed by atoms with Gasteiger partial charge in [-0.1, -0.05) is 15.9 Å². The largest absolute Gasteiger partial charge is 0.494 e. The second-order valence-corrected chi connectivity index (χ2v) is 4.72. The van der Waals surface area contributed by atoms with Crippen LogP contribution >= 0.6 is 15.9 Å². The maximum Gasteiger partial charge on any atom is 0.426 e. The molecule has 0 aliphatic heterocycles. The molecule has 0 aromatic heterocycles. The number of halogens is 1. The lowest BCUT2D eigenvalue weighted by Gasteiger charge is -2.08. The number of hydrazine groups is 1. The molecule has 0 aliphatic carbocycles. The fourth-order valence-corrected chi connectivity index (χ4v) is 1.57. The highest BCUT2D eigenvalue weighted by Crippen LogP contribution is 2.16. The van der Waals surface area contributed by atoms with Crippen LogP contribution in [0.5, 0.6) is 5.75 Å². The van der Waals surface area contributed by atoms with Crippen LogP contribution in [0.25, 0.3) is 0 Å². The molecule has 0 fully saturated rings. The first kappa shape index (κ1) is 16.3. The lowest BCUT2D eigenvalue weighted by Crippen LogP contribution is -2.41. The highest BCUT2D eigenvalue weighted by molar-refractivity contribution is 9.10. The van der Waals surface area contributed by atoms with E-state index >= 15 is 0 Å². The second kappa shape index (κ2) is 9.19. The van der Waals surface area contributed by atoms with Gasteiger partial charge in [-0.15, -0.1) is 0 Å². The smallest absolute Gasteiger partial charge is 0.426 e. The van der Waals surface area contributed by atoms with Gasteiger partial charge in [-0.2, -0.15) is 0 Å². The van der Waals surface area contributed by atoms with Crippen LogP contribution in [0.4, 0.5) is 4.79 Å². The zero-order chi connectivity index (χ0) is 14.8. The second-order valence-electron chi connectivity index (χ2n) is 3.80. The zero-order valence-corrected chi connectivity index (χ0v) is 12.7. The predicted molar refractivity (Wildman–Crippen MR) is 77.2 cm³/mol. The van der Waals surface area contributed by atoms with Crippen LogP contribution in [-0.4, -0.2) is 25.2 Å². The molecule has 20 heavy (non-hydrogen) atoms. The first-order valence-corrected chi connectivity index (χ1v) is 7.01. The van der Waals surface area contributed by atoms with E-state index in [2.05, 4.69) is 31.5 Å². The van der Waals surface area contributed by atoms with Gasteiger partial charge in [-0.05, 0) is 37.6 Å². The first-order valence-electron chi connectivity index (χ1n) is 6.21. The topological polar surface area (TPSA) is 76.7 Å². The van der Waals surface area contributed by atoms with Crippen LogP contribution < -0.4 is 15.6 Å². The van der Waals surface area contributed by atoms with Crippen LogP contribution in [0, 0.1) is 0 Å². The lowest BCUT2D eigenvalue weighted by molar-refractivity contribution is -0.122. The molecule has 0 aliphatic rings. The van der Waals surface area contributed by atoms with Crippen molar-refractivity contribution in [3.63, 3.8) is 0 Å². The Hall–Kier alpha value is -1.76. The summed E-state index contributed by atoms with van der Waals surface area (Å²) in [5, 5.41) is 0. The molecule has 0 spiro atoms. The highest BCUT2D eigenvalue weighted by atomic mass is 79.9. The molecule has 6 nitrogen and oxygen atoms in total. The summed E-state index contributed by atoms with van der Waals surface area (Å²) in [5.74, 6) is 0.454. The molecule has 1 aromatic rings. The van der Waals surface area contributed by atoms with Gasteiger partial charge in [0.2, 0.25) is 5.91 Å². The molecule has 0 bridgehead atoms. The predicted octanol–water partition coefficient (Wildman–Crippen LogP) is 2.39. The van der Waals surface area contributed by atoms with E-state index < -0.39 is 6.09 Å². The Kier molecular flexibility index (Phi) is 7.49. The van der Waals surface area contributed by atoms with E-state index in [1.807, 2.05) is 24.3 Å². The van der Waals surface area contributed by atoms with Gasteiger partial charge < -0.3 is 9.47 Å². The summed E-state index contributed by atoms with van der Waals surface area (Å²) in [5.41, 5.74) is 4.39. The molecule has 0 saturated heterocycles. The number of rotatable bonds is 6. The molecule has 110 valence electrons. The molecule has 2 amide bonds. The molecular weight excluding hydrogens is 328 g/mol. The summed E-state index contributed by atoms with van der Waals surface area (Å²) in [4.78, 5) is 22.3. The van der Waals surface area contributed by atoms with Crippen molar-refractivity contribution < 1.29 is 19.1 Å². The third-order valence-electron chi connectivity index (χ3n) is 2.21. The van der Waals surface area contributed by atoms with Gasteiger partial charge in [0.15, 0.2) is 0 Å². The molecule has 0 saturated carbocycles. The molecule has 0 radical (unpaired) electrons. The minimum atomic E-state index is -0.674. The number of amides is 2. The van der Waals surface area contributed by atoms with E-state index in [9.17, 15) is 9.59 Å². The van der Waals surface area contributed by atoms with Crippen LogP contribution in [0.3, 0.4) is 0 Å². The maximum atomic E-state index is 11.4. The van der Waals surface area contributed by atoms with Crippen molar-refractivity contribution in [2.45, 2.75) is 19.8 Å². The summed E-state index contributed by atoms with van der Waals surface area (Å²) in [6.45, 7) is 2.36. The number of carbonyl (C=O) groups excluding carboxylic acids is 2. The van der Waals surface area contributed by atoms with Gasteiger partial charge >= 0.3 is 6.09 Å². The van der Waals surface area contributed by atoms with E-state index in [0.29, 0.717) is 13.0 Å². The molecule has 2 N–H and O–H groups in total. The quantitative estimate of drug-likeness (QED) is 0.613. The molecule has 1 aromatic carbocycles. The molecule has 0 unspecified atom stereocenters. The molecule has 0 heterocycles. The fraction of sp³-hybridized carbons (Fsp3) is 0.385. The summed E-state index contributed by atoms with van der Waals surface area (Å²) in [7, 11) is 0. The average Bonchev–Trinajstić information content (AvgIpc) is 2.43. The van der Waals surface area contributed by atoms with E-state index in [-0.39, 0.29) is 18.9 Å². The van der Waals surface area contributed by atoms with Crippen LogP contribution in [0.15, 0.2) is 28.7 Å². The van der Waals surface area contributed by atoms with Crippen LogP contribution in [0.2, 0.25) is 0 Å². The minimum absolute atomic E-state index is 0.253. The van der Waals surface area contributed by atoms with Gasteiger partial charge in [-0.25, -0.2) is 10.2 Å². The third kappa shape index (κ3) is 6.98. The minimum Gasteiger partial charge on any atom is -0.494 e. The van der Waals surface area contributed by atoms with Gasteiger partial charge in [0, 0.05) is 10.9 Å². The molecular formula is C13H17BrN2O4. The highest BCUT2D eigenvalue weighted by Gasteiger charge is 2.04. The van der Waals surface area contributed by atoms with Gasteiger partial charge in [-0.3, -0.25) is 10.2 Å². The maximum absolute atomic E-state index is 11.4. The van der Waals surface area contributed by atoms with Crippen molar-refractivity contribution in [3.8, 4) is 5.75 Å². The van der Waals surface area contributed by atoms with Gasteiger partial charge in [0.05, 0.1) is 13.2 Å². The number of hydrogen-bond acceptors (Lipinski definition) is 4. The Morgan fingerprint density at radius 2 is 1.90 bits per heavy atom. The van der Waals surface area contributed by atoms with Crippen molar-refractivity contribution in [3.05, 3.63) is 28.7 Å². The lowest BCUT2D eigenvalue weighted by atomic mass is 10.3. The van der Waals surface area contributed by atoms with Crippen molar-refractivity contribution in [1.29, 1.82) is 0 Å². The Morgan fingerprint density at radius 3 is 2.55 bits per heavy atom. The van der Waals surface area contributed by atoms with Crippen molar-refractivity contribution in [2.75, 3.05) is 13.2 Å².